The van der Waals surface area contributed by atoms with Gasteiger partial charge in [0.05, 0.1) is 17.5 Å². The third-order valence-corrected chi connectivity index (χ3v) is 2.97. The maximum Gasteiger partial charge on any atom is 0.183 e. The fraction of sp³-hybridized carbons (Fsp3) is 0.500. The van der Waals surface area contributed by atoms with Crippen molar-refractivity contribution in [3.63, 3.8) is 0 Å². The number of hydrogen-bond acceptors (Lipinski definition) is 3. The zero-order chi connectivity index (χ0) is 12.4. The van der Waals surface area contributed by atoms with E-state index >= 15 is 0 Å². The molecule has 5 heteroatoms. The van der Waals surface area contributed by atoms with Gasteiger partial charge in [0.1, 0.15) is 0 Å². The summed E-state index contributed by atoms with van der Waals surface area (Å²) in [6.07, 6.45) is 1.81. The van der Waals surface area contributed by atoms with E-state index in [9.17, 15) is 8.78 Å². The molecule has 0 heterocycles. The van der Waals surface area contributed by atoms with Gasteiger partial charge in [-0.1, -0.05) is 0 Å². The van der Waals surface area contributed by atoms with Crippen LogP contribution in [0.3, 0.4) is 0 Å². The molecule has 0 aliphatic heterocycles. The molecule has 1 aromatic rings. The smallest absolute Gasteiger partial charge is 0.183 e. The van der Waals surface area contributed by atoms with E-state index in [1.807, 2.05) is 6.92 Å². The zero-order valence-electron chi connectivity index (χ0n) is 9.67. The molecule has 0 spiro atoms. The van der Waals surface area contributed by atoms with Crippen LogP contribution in [-0.4, -0.2) is 18.8 Å². The Morgan fingerprint density at radius 1 is 1.41 bits per heavy atom. The number of nitrogens with one attached hydrogen (secondary N) is 1. The number of halogens is 2. The molecule has 1 aliphatic rings. The van der Waals surface area contributed by atoms with Gasteiger partial charge >= 0.3 is 0 Å². The molecule has 1 saturated carbocycles. The molecule has 1 fully saturated rings. The van der Waals surface area contributed by atoms with Crippen LogP contribution in [0.5, 0.6) is 0 Å². The fourth-order valence-corrected chi connectivity index (χ4v) is 1.97. The largest absolute Gasteiger partial charge is 0.397 e. The normalized spacial score (nSPS) is 23.2. The minimum atomic E-state index is -0.912. The molecule has 0 unspecified atom stereocenters. The van der Waals surface area contributed by atoms with Crippen LogP contribution in [0.2, 0.25) is 0 Å². The molecule has 3 nitrogen and oxygen atoms in total. The van der Waals surface area contributed by atoms with Crippen molar-refractivity contribution in [2.24, 2.45) is 0 Å². The highest BCUT2D eigenvalue weighted by Gasteiger charge is 2.30. The highest BCUT2D eigenvalue weighted by molar-refractivity contribution is 5.67. The fourth-order valence-electron chi connectivity index (χ4n) is 1.97. The molecule has 3 N–H and O–H groups in total. The van der Waals surface area contributed by atoms with Crippen molar-refractivity contribution in [3.05, 3.63) is 23.8 Å². The topological polar surface area (TPSA) is 47.3 Å². The van der Waals surface area contributed by atoms with Gasteiger partial charge in [-0.15, -0.1) is 0 Å². The summed E-state index contributed by atoms with van der Waals surface area (Å²) in [6.45, 7) is 2.61. The van der Waals surface area contributed by atoms with Gasteiger partial charge in [0.25, 0.3) is 0 Å². The van der Waals surface area contributed by atoms with E-state index in [-0.39, 0.29) is 23.5 Å². The van der Waals surface area contributed by atoms with E-state index in [4.69, 9.17) is 10.5 Å². The van der Waals surface area contributed by atoms with Crippen molar-refractivity contribution < 1.29 is 13.5 Å². The van der Waals surface area contributed by atoms with E-state index in [1.165, 1.54) is 6.07 Å². The van der Waals surface area contributed by atoms with Gasteiger partial charge in [0.15, 0.2) is 11.6 Å². The van der Waals surface area contributed by atoms with Crippen LogP contribution in [0.15, 0.2) is 12.1 Å². The minimum absolute atomic E-state index is 0.0601. The van der Waals surface area contributed by atoms with E-state index < -0.39 is 11.6 Å². The molecular weight excluding hydrogens is 226 g/mol. The second-order valence-corrected chi connectivity index (χ2v) is 4.22. The lowest BCUT2D eigenvalue weighted by atomic mass is 9.89. The van der Waals surface area contributed by atoms with E-state index in [1.54, 1.807) is 0 Å². The number of nitrogens with two attached hydrogens (primary N) is 1. The van der Waals surface area contributed by atoms with Gasteiger partial charge in [-0.3, -0.25) is 0 Å². The Morgan fingerprint density at radius 3 is 2.76 bits per heavy atom. The lowest BCUT2D eigenvalue weighted by Crippen LogP contribution is -2.41. The van der Waals surface area contributed by atoms with Gasteiger partial charge < -0.3 is 15.8 Å². The summed E-state index contributed by atoms with van der Waals surface area (Å²) >= 11 is 0. The van der Waals surface area contributed by atoms with E-state index in [0.29, 0.717) is 6.61 Å². The van der Waals surface area contributed by atoms with Crippen LogP contribution in [0.1, 0.15) is 19.8 Å². The molecule has 0 amide bonds. The van der Waals surface area contributed by atoms with Gasteiger partial charge in [-0.2, -0.15) is 0 Å². The average Bonchev–Trinajstić information content (AvgIpc) is 2.25. The number of rotatable bonds is 4. The molecule has 0 radical (unpaired) electrons. The number of hydrogen-bond donors (Lipinski definition) is 2. The summed E-state index contributed by atoms with van der Waals surface area (Å²) in [6, 6.07) is 2.49. The van der Waals surface area contributed by atoms with Gasteiger partial charge in [-0.05, 0) is 31.9 Å². The Labute approximate surface area is 98.9 Å². The average molecular weight is 242 g/mol. The predicted molar refractivity (Wildman–Crippen MR) is 62.8 cm³/mol. The van der Waals surface area contributed by atoms with Crippen molar-refractivity contribution in [3.8, 4) is 0 Å². The summed E-state index contributed by atoms with van der Waals surface area (Å²) in [5.74, 6) is -1.80. The molecule has 17 heavy (non-hydrogen) atoms. The predicted octanol–water partition coefficient (Wildman–Crippen LogP) is 2.53. The van der Waals surface area contributed by atoms with Gasteiger partial charge in [-0.25, -0.2) is 8.78 Å². The molecule has 1 aliphatic carbocycles. The van der Waals surface area contributed by atoms with Gasteiger partial charge in [0.2, 0.25) is 0 Å². The molecule has 1 aromatic carbocycles. The zero-order valence-corrected chi connectivity index (χ0v) is 9.67. The lowest BCUT2D eigenvalue weighted by Gasteiger charge is -2.36. The lowest BCUT2D eigenvalue weighted by molar-refractivity contribution is 0.00293. The minimum Gasteiger partial charge on any atom is -0.397 e. The first-order valence-electron chi connectivity index (χ1n) is 5.73. The Morgan fingerprint density at radius 2 is 2.12 bits per heavy atom. The monoisotopic (exact) mass is 242 g/mol. The van der Waals surface area contributed by atoms with Crippen molar-refractivity contribution in [2.75, 3.05) is 17.7 Å². The maximum absolute atomic E-state index is 13.5. The summed E-state index contributed by atoms with van der Waals surface area (Å²) in [7, 11) is 0. The second kappa shape index (κ2) is 4.87. The number of benzene rings is 1. The number of ether oxygens (including phenoxy) is 1. The first-order chi connectivity index (χ1) is 8.11. The van der Waals surface area contributed by atoms with Crippen LogP contribution >= 0.6 is 0 Å². The number of nitrogen functional groups attached to an aromatic ring is 1. The van der Waals surface area contributed by atoms with Crippen molar-refractivity contribution in [1.29, 1.82) is 0 Å². The van der Waals surface area contributed by atoms with Crippen LogP contribution < -0.4 is 11.1 Å². The van der Waals surface area contributed by atoms with Crippen LogP contribution in [0, 0.1) is 11.6 Å². The highest BCUT2D eigenvalue weighted by atomic mass is 19.2. The highest BCUT2D eigenvalue weighted by Crippen LogP contribution is 2.31. The van der Waals surface area contributed by atoms with Crippen molar-refractivity contribution in [2.45, 2.75) is 31.9 Å². The summed E-state index contributed by atoms with van der Waals surface area (Å²) in [5.41, 5.74) is 5.90. The second-order valence-electron chi connectivity index (χ2n) is 4.22. The molecular formula is C12H16F2N2O. The van der Waals surface area contributed by atoms with E-state index in [0.717, 1.165) is 18.9 Å². The standard InChI is InChI=1S/C12H16F2N2O/c1-2-17-8-5-7(6-8)16-12-10(15)4-3-9(13)11(12)14/h3-4,7-8,16H,2,5-6,15H2,1H3. The molecule has 0 aromatic heterocycles. The molecule has 0 saturated heterocycles. The maximum atomic E-state index is 13.5. The first kappa shape index (κ1) is 12.1. The van der Waals surface area contributed by atoms with Crippen LogP contribution in [-0.2, 0) is 4.74 Å². The molecule has 0 atom stereocenters. The summed E-state index contributed by atoms with van der Waals surface area (Å²) in [4.78, 5) is 0. The summed E-state index contributed by atoms with van der Waals surface area (Å²) < 4.78 is 31.9. The summed E-state index contributed by atoms with van der Waals surface area (Å²) in [5, 5.41) is 2.92. The third-order valence-electron chi connectivity index (χ3n) is 2.97. The first-order valence-corrected chi connectivity index (χ1v) is 5.73. The Bertz CT molecular complexity index is 406. The van der Waals surface area contributed by atoms with Crippen LogP contribution in [0.25, 0.3) is 0 Å². The SMILES string of the molecule is CCOC1CC(Nc2c(N)ccc(F)c2F)C1. The van der Waals surface area contributed by atoms with E-state index in [2.05, 4.69) is 5.32 Å². The van der Waals surface area contributed by atoms with Crippen LogP contribution in [0.4, 0.5) is 20.2 Å². The van der Waals surface area contributed by atoms with Gasteiger partial charge in [0, 0.05) is 12.6 Å². The Hall–Kier alpha value is -1.36. The molecule has 94 valence electrons. The molecule has 0 bridgehead atoms. The van der Waals surface area contributed by atoms with Crippen molar-refractivity contribution in [1.82, 2.24) is 0 Å². The number of anilines is 2. The Kier molecular flexibility index (Phi) is 3.47. The quantitative estimate of drug-likeness (QED) is 0.797. The molecule has 2 rings (SSSR count). The van der Waals surface area contributed by atoms with Crippen molar-refractivity contribution >= 4 is 11.4 Å². The Balaban J connectivity index is 1.99. The third kappa shape index (κ3) is 2.49.